The Balaban J connectivity index is 3.20. The molecule has 1 rings (SSSR count). The summed E-state index contributed by atoms with van der Waals surface area (Å²) < 4.78 is 4.99. The van der Waals surface area contributed by atoms with Crippen LogP contribution in [0.1, 0.15) is 45.9 Å². The molecule has 1 aromatic heterocycles. The number of hydrogen-bond acceptors (Lipinski definition) is 5. The third kappa shape index (κ3) is 4.45. The third-order valence-electron chi connectivity index (χ3n) is 2.74. The van der Waals surface area contributed by atoms with Crippen molar-refractivity contribution in [2.45, 2.75) is 27.2 Å². The fourth-order valence-corrected chi connectivity index (χ4v) is 2.94. The molecule has 122 valence electrons. The highest BCUT2D eigenvalue weighted by atomic mass is 35.5. The van der Waals surface area contributed by atoms with E-state index in [-0.39, 0.29) is 29.0 Å². The van der Waals surface area contributed by atoms with Gasteiger partial charge in [-0.15, -0.1) is 22.9 Å². The first-order valence-corrected chi connectivity index (χ1v) is 8.25. The number of nitrogens with one attached hydrogen (secondary N) is 2. The van der Waals surface area contributed by atoms with E-state index in [1.54, 1.807) is 13.8 Å². The molecule has 0 aliphatic rings. The molecule has 0 aliphatic heterocycles. The van der Waals surface area contributed by atoms with Gasteiger partial charge in [-0.25, -0.2) is 4.79 Å². The fourth-order valence-electron chi connectivity index (χ4n) is 1.75. The topological polar surface area (TPSA) is 84.5 Å². The second kappa shape index (κ2) is 8.75. The Hall–Kier alpha value is -1.60. The quantitative estimate of drug-likeness (QED) is 0.587. The molecule has 0 spiro atoms. The highest BCUT2D eigenvalue weighted by molar-refractivity contribution is 7.18. The Labute approximate surface area is 138 Å². The number of alkyl halides is 1. The maximum atomic E-state index is 12.1. The van der Waals surface area contributed by atoms with Crippen LogP contribution in [-0.4, -0.2) is 36.8 Å². The van der Waals surface area contributed by atoms with Crippen LogP contribution >= 0.6 is 22.9 Å². The molecule has 0 aliphatic carbocycles. The van der Waals surface area contributed by atoms with Crippen LogP contribution < -0.4 is 10.6 Å². The summed E-state index contributed by atoms with van der Waals surface area (Å²) in [6, 6.07) is 0. The van der Waals surface area contributed by atoms with Crippen molar-refractivity contribution in [3.63, 3.8) is 0 Å². The minimum atomic E-state index is -0.573. The summed E-state index contributed by atoms with van der Waals surface area (Å²) in [7, 11) is 0. The van der Waals surface area contributed by atoms with Gasteiger partial charge in [0.2, 0.25) is 5.91 Å². The normalized spacial score (nSPS) is 10.2. The molecule has 8 heteroatoms. The Bertz CT molecular complexity index is 571. The zero-order chi connectivity index (χ0) is 16.7. The minimum Gasteiger partial charge on any atom is -0.462 e. The lowest BCUT2D eigenvalue weighted by atomic mass is 10.1. The summed E-state index contributed by atoms with van der Waals surface area (Å²) in [5, 5.41) is 5.57. The molecule has 2 amide bonds. The van der Waals surface area contributed by atoms with Gasteiger partial charge >= 0.3 is 5.97 Å². The van der Waals surface area contributed by atoms with Gasteiger partial charge in [0, 0.05) is 6.54 Å². The van der Waals surface area contributed by atoms with E-state index in [0.717, 1.165) is 17.8 Å². The number of esters is 1. The van der Waals surface area contributed by atoms with Gasteiger partial charge in [0.05, 0.1) is 17.0 Å². The van der Waals surface area contributed by atoms with Crippen LogP contribution in [-0.2, 0) is 9.53 Å². The maximum Gasteiger partial charge on any atom is 0.341 e. The molecule has 0 radical (unpaired) electrons. The van der Waals surface area contributed by atoms with Crippen LogP contribution in [0.5, 0.6) is 0 Å². The van der Waals surface area contributed by atoms with E-state index in [4.69, 9.17) is 16.3 Å². The van der Waals surface area contributed by atoms with Crippen molar-refractivity contribution in [1.82, 2.24) is 5.32 Å². The van der Waals surface area contributed by atoms with Gasteiger partial charge in [0.15, 0.2) is 0 Å². The van der Waals surface area contributed by atoms with E-state index in [2.05, 4.69) is 10.6 Å². The summed E-state index contributed by atoms with van der Waals surface area (Å²) in [4.78, 5) is 36.1. The molecule has 0 aromatic carbocycles. The Morgan fingerprint density at radius 2 is 1.95 bits per heavy atom. The van der Waals surface area contributed by atoms with E-state index in [1.807, 2.05) is 6.92 Å². The summed E-state index contributed by atoms with van der Waals surface area (Å²) in [6.45, 7) is 6.02. The molecule has 0 fully saturated rings. The first kappa shape index (κ1) is 18.4. The zero-order valence-electron chi connectivity index (χ0n) is 12.7. The predicted molar refractivity (Wildman–Crippen MR) is 87.0 cm³/mol. The number of carbonyl (C=O) groups excluding carboxylic acids is 3. The average molecular weight is 347 g/mol. The number of anilines is 1. The summed E-state index contributed by atoms with van der Waals surface area (Å²) in [5.74, 6) is -1.54. The number of ether oxygens (including phenoxy) is 1. The van der Waals surface area contributed by atoms with Gasteiger partial charge in [0.25, 0.3) is 5.91 Å². The standard InChI is InChI=1S/C14H19ClN2O4S/c1-4-6-16-12(19)11-8(3)10(14(20)21-5-2)13(22-11)17-9(18)7-15/h4-7H2,1-3H3,(H,16,19)(H,17,18). The van der Waals surface area contributed by atoms with Gasteiger partial charge in [-0.05, 0) is 25.8 Å². The number of hydrogen-bond donors (Lipinski definition) is 2. The SMILES string of the molecule is CCCNC(=O)c1sc(NC(=O)CCl)c(C(=O)OCC)c1C. The summed E-state index contributed by atoms with van der Waals surface area (Å²) in [6.07, 6.45) is 0.802. The van der Waals surface area contributed by atoms with Gasteiger partial charge in [-0.1, -0.05) is 6.92 Å². The summed E-state index contributed by atoms with van der Waals surface area (Å²) in [5.41, 5.74) is 0.689. The molecule has 1 aromatic rings. The number of halogens is 1. The highest BCUT2D eigenvalue weighted by Gasteiger charge is 2.26. The van der Waals surface area contributed by atoms with E-state index in [9.17, 15) is 14.4 Å². The van der Waals surface area contributed by atoms with Crippen molar-refractivity contribution < 1.29 is 19.1 Å². The van der Waals surface area contributed by atoms with Gasteiger partial charge < -0.3 is 15.4 Å². The molecule has 0 atom stereocenters. The molecule has 0 unspecified atom stereocenters. The number of carbonyl (C=O) groups is 3. The smallest absolute Gasteiger partial charge is 0.341 e. The van der Waals surface area contributed by atoms with E-state index in [0.29, 0.717) is 17.0 Å². The van der Waals surface area contributed by atoms with E-state index in [1.165, 1.54) is 0 Å². The first-order chi connectivity index (χ1) is 10.5. The van der Waals surface area contributed by atoms with Crippen LogP contribution in [0.15, 0.2) is 0 Å². The number of amides is 2. The second-order valence-electron chi connectivity index (χ2n) is 4.42. The molecule has 6 nitrogen and oxygen atoms in total. The maximum absolute atomic E-state index is 12.1. The Kier molecular flexibility index (Phi) is 7.34. The monoisotopic (exact) mass is 346 g/mol. The van der Waals surface area contributed by atoms with Crippen LogP contribution in [0, 0.1) is 6.92 Å². The van der Waals surface area contributed by atoms with Crippen molar-refractivity contribution in [1.29, 1.82) is 0 Å². The van der Waals surface area contributed by atoms with Gasteiger partial charge in [0.1, 0.15) is 10.9 Å². The molecule has 0 saturated carbocycles. The number of rotatable bonds is 7. The van der Waals surface area contributed by atoms with E-state index < -0.39 is 11.9 Å². The van der Waals surface area contributed by atoms with Gasteiger partial charge in [-0.2, -0.15) is 0 Å². The van der Waals surface area contributed by atoms with Crippen molar-refractivity contribution in [2.24, 2.45) is 0 Å². The molecule has 22 heavy (non-hydrogen) atoms. The predicted octanol–water partition coefficient (Wildman–Crippen LogP) is 2.55. The average Bonchev–Trinajstić information content (AvgIpc) is 2.81. The lowest BCUT2D eigenvalue weighted by molar-refractivity contribution is -0.113. The van der Waals surface area contributed by atoms with Crippen LogP contribution in [0.25, 0.3) is 0 Å². The van der Waals surface area contributed by atoms with Crippen molar-refractivity contribution >= 4 is 45.7 Å². The van der Waals surface area contributed by atoms with Crippen molar-refractivity contribution in [3.05, 3.63) is 16.0 Å². The minimum absolute atomic E-state index is 0.201. The molecule has 0 saturated heterocycles. The van der Waals surface area contributed by atoms with Crippen LogP contribution in [0.4, 0.5) is 5.00 Å². The fraction of sp³-hybridized carbons (Fsp3) is 0.500. The zero-order valence-corrected chi connectivity index (χ0v) is 14.3. The Morgan fingerprint density at radius 1 is 1.27 bits per heavy atom. The molecule has 0 bridgehead atoms. The van der Waals surface area contributed by atoms with E-state index >= 15 is 0 Å². The number of thiophene rings is 1. The lowest BCUT2D eigenvalue weighted by Crippen LogP contribution is -2.23. The van der Waals surface area contributed by atoms with Gasteiger partial charge in [-0.3, -0.25) is 9.59 Å². The Morgan fingerprint density at radius 3 is 2.50 bits per heavy atom. The summed E-state index contributed by atoms with van der Waals surface area (Å²) >= 11 is 6.51. The van der Waals surface area contributed by atoms with Crippen molar-refractivity contribution in [2.75, 3.05) is 24.3 Å². The molecular weight excluding hydrogens is 328 g/mol. The third-order valence-corrected chi connectivity index (χ3v) is 4.19. The molecule has 2 N–H and O–H groups in total. The van der Waals surface area contributed by atoms with Crippen molar-refractivity contribution in [3.8, 4) is 0 Å². The largest absolute Gasteiger partial charge is 0.462 e. The molecule has 1 heterocycles. The highest BCUT2D eigenvalue weighted by Crippen LogP contribution is 2.33. The van der Waals surface area contributed by atoms with Crippen LogP contribution in [0.2, 0.25) is 0 Å². The van der Waals surface area contributed by atoms with Crippen LogP contribution in [0.3, 0.4) is 0 Å². The molecular formula is C14H19ClN2O4S. The second-order valence-corrected chi connectivity index (χ2v) is 5.71. The lowest BCUT2D eigenvalue weighted by Gasteiger charge is -2.05. The first-order valence-electron chi connectivity index (χ1n) is 6.90.